The Labute approximate surface area is 110 Å². The van der Waals surface area contributed by atoms with Crippen molar-refractivity contribution < 1.29 is 19.1 Å². The summed E-state index contributed by atoms with van der Waals surface area (Å²) in [5, 5.41) is 4.91. The van der Waals surface area contributed by atoms with Gasteiger partial charge in [-0.05, 0) is 17.7 Å². The largest absolute Gasteiger partial charge is 0.454 e. The molecule has 0 atom stereocenters. The Balaban J connectivity index is 1.86. The van der Waals surface area contributed by atoms with Crippen LogP contribution in [0.1, 0.15) is 5.56 Å². The number of carbonyl (C=O) groups excluding carboxylic acids is 2. The number of nitrogens with one attached hydrogen (secondary N) is 2. The van der Waals surface area contributed by atoms with Crippen molar-refractivity contribution >= 4 is 11.8 Å². The predicted octanol–water partition coefficient (Wildman–Crippen LogP) is 0.334. The third-order valence-electron chi connectivity index (χ3n) is 2.50. The number of fused-ring (bicyclic) bond motifs is 1. The van der Waals surface area contributed by atoms with Crippen LogP contribution in [0.4, 0.5) is 0 Å². The number of carbonyl (C=O) groups is 2. The molecule has 1 heterocycles. The topological polar surface area (TPSA) is 76.7 Å². The van der Waals surface area contributed by atoms with E-state index < -0.39 is 11.8 Å². The van der Waals surface area contributed by atoms with Gasteiger partial charge in [-0.3, -0.25) is 9.59 Å². The summed E-state index contributed by atoms with van der Waals surface area (Å²) >= 11 is 0. The van der Waals surface area contributed by atoms with Gasteiger partial charge in [0.2, 0.25) is 6.79 Å². The van der Waals surface area contributed by atoms with Crippen molar-refractivity contribution in [1.29, 1.82) is 0 Å². The van der Waals surface area contributed by atoms with E-state index in [1.165, 1.54) is 6.08 Å². The number of ether oxygens (including phenoxy) is 2. The highest BCUT2D eigenvalue weighted by atomic mass is 16.7. The van der Waals surface area contributed by atoms with Crippen LogP contribution in [0.25, 0.3) is 0 Å². The van der Waals surface area contributed by atoms with Crippen LogP contribution in [0, 0.1) is 0 Å². The van der Waals surface area contributed by atoms with Gasteiger partial charge in [0, 0.05) is 13.1 Å². The van der Waals surface area contributed by atoms with Crippen LogP contribution < -0.4 is 20.1 Å². The quantitative estimate of drug-likeness (QED) is 0.605. The summed E-state index contributed by atoms with van der Waals surface area (Å²) in [5.74, 6) is -0.0400. The maximum absolute atomic E-state index is 11.4. The Kier molecular flexibility index (Phi) is 4.02. The number of rotatable bonds is 4. The molecule has 0 fully saturated rings. The second-order valence-electron chi connectivity index (χ2n) is 3.87. The Morgan fingerprint density at radius 1 is 1.21 bits per heavy atom. The van der Waals surface area contributed by atoms with Gasteiger partial charge in [-0.2, -0.15) is 0 Å². The summed E-state index contributed by atoms with van der Waals surface area (Å²) in [6.07, 6.45) is 1.50. The Morgan fingerprint density at radius 2 is 1.95 bits per heavy atom. The van der Waals surface area contributed by atoms with Crippen molar-refractivity contribution in [3.63, 3.8) is 0 Å². The lowest BCUT2D eigenvalue weighted by atomic mass is 10.2. The molecule has 0 bridgehead atoms. The summed E-state index contributed by atoms with van der Waals surface area (Å²) in [7, 11) is 0. The molecule has 2 amide bonds. The van der Waals surface area contributed by atoms with Crippen molar-refractivity contribution in [2.24, 2.45) is 0 Å². The first-order valence-electron chi connectivity index (χ1n) is 5.76. The molecule has 0 radical (unpaired) electrons. The smallest absolute Gasteiger partial charge is 0.309 e. The average molecular weight is 262 g/mol. The molecule has 1 aliphatic rings. The van der Waals surface area contributed by atoms with E-state index in [0.717, 1.165) is 5.56 Å². The molecule has 0 spiro atoms. The third-order valence-corrected chi connectivity index (χ3v) is 2.50. The summed E-state index contributed by atoms with van der Waals surface area (Å²) in [6.45, 7) is 4.16. The lowest BCUT2D eigenvalue weighted by molar-refractivity contribution is -0.139. The molecule has 6 heteroatoms. The molecule has 0 unspecified atom stereocenters. The van der Waals surface area contributed by atoms with Gasteiger partial charge in [-0.15, -0.1) is 6.58 Å². The number of benzene rings is 1. The van der Waals surface area contributed by atoms with Crippen molar-refractivity contribution in [2.45, 2.75) is 6.54 Å². The van der Waals surface area contributed by atoms with Crippen molar-refractivity contribution in [2.75, 3.05) is 13.3 Å². The first kappa shape index (κ1) is 12.9. The van der Waals surface area contributed by atoms with E-state index in [9.17, 15) is 9.59 Å². The van der Waals surface area contributed by atoms with Crippen LogP contribution in [0.5, 0.6) is 11.5 Å². The van der Waals surface area contributed by atoms with Gasteiger partial charge in [0.1, 0.15) is 0 Å². The lowest BCUT2D eigenvalue weighted by Gasteiger charge is -2.06. The van der Waals surface area contributed by atoms with Gasteiger partial charge >= 0.3 is 11.8 Å². The average Bonchev–Trinajstić information content (AvgIpc) is 2.89. The zero-order chi connectivity index (χ0) is 13.7. The molecule has 0 aliphatic carbocycles. The molecule has 19 heavy (non-hydrogen) atoms. The van der Waals surface area contributed by atoms with Crippen LogP contribution in [-0.2, 0) is 16.1 Å². The summed E-state index contributed by atoms with van der Waals surface area (Å²) in [4.78, 5) is 22.7. The third kappa shape index (κ3) is 3.25. The Hall–Kier alpha value is -2.50. The fraction of sp³-hybridized carbons (Fsp3) is 0.231. The van der Waals surface area contributed by atoms with Gasteiger partial charge in [-0.1, -0.05) is 12.1 Å². The highest BCUT2D eigenvalue weighted by Gasteiger charge is 2.15. The highest BCUT2D eigenvalue weighted by Crippen LogP contribution is 2.32. The van der Waals surface area contributed by atoms with Crippen molar-refractivity contribution in [3.8, 4) is 11.5 Å². The lowest BCUT2D eigenvalue weighted by Crippen LogP contribution is -2.39. The molecule has 1 aromatic rings. The molecular formula is C13H14N2O4. The van der Waals surface area contributed by atoms with E-state index in [-0.39, 0.29) is 19.9 Å². The number of hydrogen-bond acceptors (Lipinski definition) is 4. The Morgan fingerprint density at radius 3 is 2.74 bits per heavy atom. The summed E-state index contributed by atoms with van der Waals surface area (Å²) < 4.78 is 10.4. The first-order valence-corrected chi connectivity index (χ1v) is 5.76. The highest BCUT2D eigenvalue weighted by molar-refractivity contribution is 6.35. The van der Waals surface area contributed by atoms with E-state index in [1.54, 1.807) is 18.2 Å². The molecule has 1 aromatic carbocycles. The van der Waals surface area contributed by atoms with Crippen molar-refractivity contribution in [1.82, 2.24) is 10.6 Å². The number of amides is 2. The van der Waals surface area contributed by atoms with E-state index in [4.69, 9.17) is 9.47 Å². The molecule has 1 aliphatic heterocycles. The first-order chi connectivity index (χ1) is 9.20. The van der Waals surface area contributed by atoms with Gasteiger partial charge < -0.3 is 20.1 Å². The van der Waals surface area contributed by atoms with Crippen LogP contribution in [0.15, 0.2) is 30.9 Å². The zero-order valence-electron chi connectivity index (χ0n) is 10.3. The molecule has 0 saturated carbocycles. The van der Waals surface area contributed by atoms with Crippen LogP contribution in [0.3, 0.4) is 0 Å². The van der Waals surface area contributed by atoms with Crippen LogP contribution in [-0.4, -0.2) is 25.2 Å². The summed E-state index contributed by atoms with van der Waals surface area (Å²) in [5.41, 5.74) is 0.828. The molecule has 2 N–H and O–H groups in total. The maximum Gasteiger partial charge on any atom is 0.309 e. The minimum Gasteiger partial charge on any atom is -0.454 e. The molecule has 6 nitrogen and oxygen atoms in total. The molecule has 0 saturated heterocycles. The zero-order valence-corrected chi connectivity index (χ0v) is 10.3. The van der Waals surface area contributed by atoms with E-state index in [1.807, 2.05) is 0 Å². The van der Waals surface area contributed by atoms with Gasteiger partial charge in [0.05, 0.1) is 0 Å². The van der Waals surface area contributed by atoms with Crippen molar-refractivity contribution in [3.05, 3.63) is 36.4 Å². The van der Waals surface area contributed by atoms with Crippen LogP contribution >= 0.6 is 0 Å². The van der Waals surface area contributed by atoms with Gasteiger partial charge in [0.25, 0.3) is 0 Å². The second-order valence-corrected chi connectivity index (χ2v) is 3.87. The maximum atomic E-state index is 11.4. The molecule has 0 aromatic heterocycles. The monoisotopic (exact) mass is 262 g/mol. The normalized spacial score (nSPS) is 11.8. The summed E-state index contributed by atoms with van der Waals surface area (Å²) in [6, 6.07) is 5.33. The van der Waals surface area contributed by atoms with E-state index in [0.29, 0.717) is 11.5 Å². The fourth-order valence-electron chi connectivity index (χ4n) is 1.56. The number of hydrogen-bond donors (Lipinski definition) is 2. The van der Waals surface area contributed by atoms with E-state index >= 15 is 0 Å². The second kappa shape index (κ2) is 5.90. The SMILES string of the molecule is C=CCNC(=O)C(=O)NCc1ccc2c(c1)OCO2. The molecule has 2 rings (SSSR count). The molecule has 100 valence electrons. The fourth-order valence-corrected chi connectivity index (χ4v) is 1.56. The minimum atomic E-state index is -0.681. The Bertz CT molecular complexity index is 513. The van der Waals surface area contributed by atoms with Gasteiger partial charge in [-0.25, -0.2) is 0 Å². The predicted molar refractivity (Wildman–Crippen MR) is 67.6 cm³/mol. The van der Waals surface area contributed by atoms with Crippen LogP contribution in [0.2, 0.25) is 0 Å². The molecular weight excluding hydrogens is 248 g/mol. The van der Waals surface area contributed by atoms with E-state index in [2.05, 4.69) is 17.2 Å². The minimum absolute atomic E-state index is 0.203. The standard InChI is InChI=1S/C13H14N2O4/c1-2-5-14-12(16)13(17)15-7-9-3-4-10-11(6-9)19-8-18-10/h2-4,6H,1,5,7-8H2,(H,14,16)(H,15,17). The van der Waals surface area contributed by atoms with Gasteiger partial charge in [0.15, 0.2) is 11.5 Å².